The summed E-state index contributed by atoms with van der Waals surface area (Å²) in [6, 6.07) is 12.4. The summed E-state index contributed by atoms with van der Waals surface area (Å²) in [5.74, 6) is 0. The molecule has 19 heavy (non-hydrogen) atoms. The van der Waals surface area contributed by atoms with E-state index in [0.29, 0.717) is 0 Å². The van der Waals surface area contributed by atoms with Gasteiger partial charge in [-0.25, -0.2) is 4.98 Å². The highest BCUT2D eigenvalue weighted by atomic mass is 79.9. The zero-order chi connectivity index (χ0) is 13.1. The maximum absolute atomic E-state index is 4.29. The maximum atomic E-state index is 4.29. The van der Waals surface area contributed by atoms with E-state index in [1.165, 1.54) is 16.5 Å². The van der Waals surface area contributed by atoms with Crippen LogP contribution in [0.15, 0.2) is 53.3 Å². The molecule has 0 radical (unpaired) electrons. The van der Waals surface area contributed by atoms with Gasteiger partial charge in [0.1, 0.15) is 5.65 Å². The monoisotopic (exact) mass is 315 g/mol. The van der Waals surface area contributed by atoms with Crippen LogP contribution < -0.4 is 5.32 Å². The number of hydrogen-bond acceptors (Lipinski definition) is 2. The van der Waals surface area contributed by atoms with Gasteiger partial charge in [-0.15, -0.1) is 0 Å². The summed E-state index contributed by atoms with van der Waals surface area (Å²) in [7, 11) is 0. The van der Waals surface area contributed by atoms with Gasteiger partial charge in [-0.3, -0.25) is 0 Å². The fourth-order valence-electron chi connectivity index (χ4n) is 2.10. The average Bonchev–Trinajstić information content (AvgIpc) is 2.85. The lowest BCUT2D eigenvalue weighted by molar-refractivity contribution is 0.696. The van der Waals surface area contributed by atoms with Gasteiger partial charge < -0.3 is 10.3 Å². The fourth-order valence-corrected chi connectivity index (χ4v) is 2.37. The second-order valence-corrected chi connectivity index (χ2v) is 5.36. The Morgan fingerprint density at radius 2 is 1.95 bits per heavy atom. The van der Waals surface area contributed by atoms with Crippen molar-refractivity contribution in [2.75, 3.05) is 0 Å². The van der Waals surface area contributed by atoms with Crippen molar-refractivity contribution in [2.24, 2.45) is 0 Å². The van der Waals surface area contributed by atoms with Crippen molar-refractivity contribution < 1.29 is 0 Å². The number of rotatable bonds is 4. The number of fused-ring (bicyclic) bond motifs is 1. The molecule has 0 aliphatic rings. The number of hydrogen-bond donors (Lipinski definition) is 2. The minimum atomic E-state index is 0.835. The molecule has 3 nitrogen and oxygen atoms in total. The van der Waals surface area contributed by atoms with E-state index in [4.69, 9.17) is 0 Å². The van der Waals surface area contributed by atoms with E-state index in [1.807, 2.05) is 12.3 Å². The summed E-state index contributed by atoms with van der Waals surface area (Å²) in [6.45, 7) is 1.70. The van der Waals surface area contributed by atoms with Gasteiger partial charge in [0.15, 0.2) is 0 Å². The number of pyridine rings is 1. The molecule has 96 valence electrons. The minimum absolute atomic E-state index is 0.835. The van der Waals surface area contributed by atoms with Gasteiger partial charge in [-0.2, -0.15) is 0 Å². The zero-order valence-electron chi connectivity index (χ0n) is 10.4. The lowest BCUT2D eigenvalue weighted by Crippen LogP contribution is -2.12. The molecule has 0 amide bonds. The Labute approximate surface area is 120 Å². The number of aromatic nitrogens is 2. The van der Waals surface area contributed by atoms with Crippen LogP contribution in [0.3, 0.4) is 0 Å². The molecule has 0 fully saturated rings. The molecule has 0 saturated carbocycles. The third-order valence-electron chi connectivity index (χ3n) is 3.09. The van der Waals surface area contributed by atoms with Crippen molar-refractivity contribution in [3.63, 3.8) is 0 Å². The van der Waals surface area contributed by atoms with Crippen LogP contribution in [0.25, 0.3) is 11.0 Å². The molecule has 0 aliphatic heterocycles. The predicted molar refractivity (Wildman–Crippen MR) is 80.8 cm³/mol. The molecule has 4 heteroatoms. The third kappa shape index (κ3) is 2.85. The molecule has 0 aliphatic carbocycles. The van der Waals surface area contributed by atoms with Crippen LogP contribution in [-0.2, 0) is 13.1 Å². The molecule has 0 unspecified atom stereocenters. The summed E-state index contributed by atoms with van der Waals surface area (Å²) in [5, 5.41) is 4.64. The molecule has 0 saturated heterocycles. The normalized spacial score (nSPS) is 11.0. The van der Waals surface area contributed by atoms with Crippen molar-refractivity contribution in [3.05, 3.63) is 64.4 Å². The smallest absolute Gasteiger partial charge is 0.137 e. The van der Waals surface area contributed by atoms with Gasteiger partial charge in [-0.05, 0) is 35.4 Å². The SMILES string of the molecule is Brc1ccc(CNCc2c[nH]c3ncccc23)cc1. The Hall–Kier alpha value is -1.65. The molecular formula is C15H14BrN3. The Morgan fingerprint density at radius 3 is 2.79 bits per heavy atom. The summed E-state index contributed by atoms with van der Waals surface area (Å²) in [4.78, 5) is 7.48. The Morgan fingerprint density at radius 1 is 1.11 bits per heavy atom. The lowest BCUT2D eigenvalue weighted by Gasteiger charge is -2.04. The molecular weight excluding hydrogens is 302 g/mol. The van der Waals surface area contributed by atoms with E-state index in [1.54, 1.807) is 6.20 Å². The van der Waals surface area contributed by atoms with Crippen LogP contribution in [0.4, 0.5) is 0 Å². The van der Waals surface area contributed by atoms with Gasteiger partial charge in [0.2, 0.25) is 0 Å². The van der Waals surface area contributed by atoms with Gasteiger partial charge in [0.05, 0.1) is 0 Å². The molecule has 0 atom stereocenters. The van der Waals surface area contributed by atoms with E-state index in [-0.39, 0.29) is 0 Å². The Balaban J connectivity index is 1.65. The minimum Gasteiger partial charge on any atom is -0.346 e. The van der Waals surface area contributed by atoms with E-state index >= 15 is 0 Å². The van der Waals surface area contributed by atoms with Crippen molar-refractivity contribution in [3.8, 4) is 0 Å². The maximum Gasteiger partial charge on any atom is 0.137 e. The molecule has 3 rings (SSSR count). The van der Waals surface area contributed by atoms with Gasteiger partial charge in [0.25, 0.3) is 0 Å². The standard InChI is InChI=1S/C15H14BrN3/c16-13-5-3-11(4-6-13)8-17-9-12-10-19-15-14(12)2-1-7-18-15/h1-7,10,17H,8-9H2,(H,18,19). The number of halogens is 1. The first kappa shape index (κ1) is 12.4. The fraction of sp³-hybridized carbons (Fsp3) is 0.133. The zero-order valence-corrected chi connectivity index (χ0v) is 11.9. The van der Waals surface area contributed by atoms with E-state index in [2.05, 4.69) is 61.5 Å². The quantitative estimate of drug-likeness (QED) is 0.772. The topological polar surface area (TPSA) is 40.7 Å². The average molecular weight is 316 g/mol. The number of nitrogens with one attached hydrogen (secondary N) is 2. The Kier molecular flexibility index (Phi) is 3.62. The molecule has 3 aromatic rings. The lowest BCUT2D eigenvalue weighted by atomic mass is 10.2. The molecule has 0 bridgehead atoms. The summed E-state index contributed by atoms with van der Waals surface area (Å²) >= 11 is 3.44. The highest BCUT2D eigenvalue weighted by Gasteiger charge is 2.03. The summed E-state index contributed by atoms with van der Waals surface area (Å²) in [5.41, 5.74) is 3.48. The molecule has 2 N–H and O–H groups in total. The van der Waals surface area contributed by atoms with E-state index in [0.717, 1.165) is 23.2 Å². The van der Waals surface area contributed by atoms with E-state index < -0.39 is 0 Å². The third-order valence-corrected chi connectivity index (χ3v) is 3.62. The molecule has 0 spiro atoms. The Bertz CT molecular complexity index is 673. The van der Waals surface area contributed by atoms with Gasteiger partial charge in [0, 0.05) is 35.3 Å². The predicted octanol–water partition coefficient (Wildman–Crippen LogP) is 3.62. The van der Waals surface area contributed by atoms with Crippen molar-refractivity contribution in [1.82, 2.24) is 15.3 Å². The van der Waals surface area contributed by atoms with Crippen LogP contribution in [0.1, 0.15) is 11.1 Å². The van der Waals surface area contributed by atoms with Crippen LogP contribution >= 0.6 is 15.9 Å². The number of nitrogens with zero attached hydrogens (tertiary/aromatic N) is 1. The molecule has 2 aromatic heterocycles. The largest absolute Gasteiger partial charge is 0.346 e. The molecule has 2 heterocycles. The summed E-state index contributed by atoms with van der Waals surface area (Å²) < 4.78 is 1.11. The van der Waals surface area contributed by atoms with Crippen molar-refractivity contribution >= 4 is 27.0 Å². The second kappa shape index (κ2) is 5.55. The van der Waals surface area contributed by atoms with E-state index in [9.17, 15) is 0 Å². The van der Waals surface area contributed by atoms with Crippen molar-refractivity contribution in [2.45, 2.75) is 13.1 Å². The first-order valence-electron chi connectivity index (χ1n) is 6.19. The van der Waals surface area contributed by atoms with Gasteiger partial charge >= 0.3 is 0 Å². The highest BCUT2D eigenvalue weighted by molar-refractivity contribution is 9.10. The van der Waals surface area contributed by atoms with Crippen LogP contribution in [0, 0.1) is 0 Å². The molecule has 1 aromatic carbocycles. The van der Waals surface area contributed by atoms with Crippen LogP contribution in [0.2, 0.25) is 0 Å². The summed E-state index contributed by atoms with van der Waals surface area (Å²) in [6.07, 6.45) is 3.82. The highest BCUT2D eigenvalue weighted by Crippen LogP contribution is 2.15. The van der Waals surface area contributed by atoms with Gasteiger partial charge in [-0.1, -0.05) is 28.1 Å². The first-order chi connectivity index (χ1) is 9.33. The number of H-pyrrole nitrogens is 1. The van der Waals surface area contributed by atoms with Crippen LogP contribution in [-0.4, -0.2) is 9.97 Å². The van der Waals surface area contributed by atoms with Crippen LogP contribution in [0.5, 0.6) is 0 Å². The second-order valence-electron chi connectivity index (χ2n) is 4.44. The van der Waals surface area contributed by atoms with Crippen molar-refractivity contribution in [1.29, 1.82) is 0 Å². The number of benzene rings is 1. The number of aromatic amines is 1. The first-order valence-corrected chi connectivity index (χ1v) is 6.98.